The molecule has 0 spiro atoms. The van der Waals surface area contributed by atoms with E-state index in [2.05, 4.69) is 20.9 Å². The summed E-state index contributed by atoms with van der Waals surface area (Å²) in [5.74, 6) is 0.787. The van der Waals surface area contributed by atoms with Gasteiger partial charge in [-0.1, -0.05) is 26.0 Å². The number of carbonyl (C=O) groups excluding carboxylic acids is 2. The number of carbonyl (C=O) groups is 2. The van der Waals surface area contributed by atoms with Crippen LogP contribution in [0.4, 0.5) is 5.69 Å². The molecular formula is C21H36IN5O2. The standard InChI is InChI=1S/C21H35N5O2.HI/c1-6-22-21(23-14-13-19(27)26(7-2)8-3)24-15-17-9-11-18(12-10-17)25-20(28)16(4)5;/h9-12,16H,6-8,13-15H2,1-5H3,(H,25,28)(H2,22,23,24);1H. The van der Waals surface area contributed by atoms with Crippen molar-refractivity contribution in [1.82, 2.24) is 15.5 Å². The first-order valence-electron chi connectivity index (χ1n) is 10.1. The number of hydrogen-bond donors (Lipinski definition) is 3. The molecule has 1 aromatic rings. The zero-order valence-corrected chi connectivity index (χ0v) is 20.6. The highest BCUT2D eigenvalue weighted by atomic mass is 127. The van der Waals surface area contributed by atoms with E-state index in [1.54, 1.807) is 0 Å². The summed E-state index contributed by atoms with van der Waals surface area (Å²) < 4.78 is 0. The second-order valence-electron chi connectivity index (χ2n) is 6.78. The van der Waals surface area contributed by atoms with E-state index in [1.165, 1.54) is 0 Å². The molecule has 0 aliphatic carbocycles. The van der Waals surface area contributed by atoms with Crippen LogP contribution in [-0.2, 0) is 16.1 Å². The Balaban J connectivity index is 0.00000784. The van der Waals surface area contributed by atoms with Gasteiger partial charge >= 0.3 is 0 Å². The van der Waals surface area contributed by atoms with Crippen molar-refractivity contribution in [2.24, 2.45) is 10.9 Å². The monoisotopic (exact) mass is 517 g/mol. The van der Waals surface area contributed by atoms with Crippen molar-refractivity contribution in [2.75, 3.05) is 31.5 Å². The third-order valence-electron chi connectivity index (χ3n) is 4.26. The van der Waals surface area contributed by atoms with Crippen LogP contribution in [0.5, 0.6) is 0 Å². The number of rotatable bonds is 10. The van der Waals surface area contributed by atoms with Crippen molar-refractivity contribution in [3.05, 3.63) is 29.8 Å². The number of nitrogens with one attached hydrogen (secondary N) is 3. The SMILES string of the molecule is CCNC(=NCc1ccc(NC(=O)C(C)C)cc1)NCCC(=O)N(CC)CC.I. The van der Waals surface area contributed by atoms with Crippen LogP contribution in [0.15, 0.2) is 29.3 Å². The molecule has 7 nitrogen and oxygen atoms in total. The minimum absolute atomic E-state index is 0. The zero-order valence-electron chi connectivity index (χ0n) is 18.2. The molecule has 29 heavy (non-hydrogen) atoms. The third-order valence-corrected chi connectivity index (χ3v) is 4.26. The number of amides is 2. The Bertz CT molecular complexity index is 643. The summed E-state index contributed by atoms with van der Waals surface area (Å²) in [6.07, 6.45) is 0.441. The molecule has 3 N–H and O–H groups in total. The summed E-state index contributed by atoms with van der Waals surface area (Å²) in [6, 6.07) is 7.67. The first-order valence-corrected chi connectivity index (χ1v) is 10.1. The topological polar surface area (TPSA) is 85.8 Å². The lowest BCUT2D eigenvalue weighted by molar-refractivity contribution is -0.130. The average Bonchev–Trinajstić information content (AvgIpc) is 2.68. The van der Waals surface area contributed by atoms with Crippen LogP contribution in [0, 0.1) is 5.92 Å². The molecule has 2 amide bonds. The highest BCUT2D eigenvalue weighted by Gasteiger charge is 2.09. The van der Waals surface area contributed by atoms with Crippen LogP contribution in [0.2, 0.25) is 0 Å². The van der Waals surface area contributed by atoms with Gasteiger partial charge in [-0.3, -0.25) is 9.59 Å². The van der Waals surface area contributed by atoms with Gasteiger partial charge in [0.05, 0.1) is 6.54 Å². The molecule has 0 fully saturated rings. The molecular weight excluding hydrogens is 481 g/mol. The molecule has 0 bridgehead atoms. The summed E-state index contributed by atoms with van der Waals surface area (Å²) in [5, 5.41) is 9.28. The molecule has 1 aromatic carbocycles. The minimum Gasteiger partial charge on any atom is -0.357 e. The highest BCUT2D eigenvalue weighted by molar-refractivity contribution is 14.0. The van der Waals surface area contributed by atoms with Crippen LogP contribution < -0.4 is 16.0 Å². The van der Waals surface area contributed by atoms with Crippen LogP contribution >= 0.6 is 24.0 Å². The highest BCUT2D eigenvalue weighted by Crippen LogP contribution is 2.11. The zero-order chi connectivity index (χ0) is 20.9. The number of halogens is 1. The lowest BCUT2D eigenvalue weighted by Crippen LogP contribution is -2.40. The lowest BCUT2D eigenvalue weighted by Gasteiger charge is -2.19. The third kappa shape index (κ3) is 10.5. The molecule has 0 saturated heterocycles. The van der Waals surface area contributed by atoms with Crippen molar-refractivity contribution in [3.63, 3.8) is 0 Å². The summed E-state index contributed by atoms with van der Waals surface area (Å²) in [4.78, 5) is 30.2. The lowest BCUT2D eigenvalue weighted by atomic mass is 10.2. The maximum atomic E-state index is 12.1. The number of guanidine groups is 1. The van der Waals surface area contributed by atoms with Crippen LogP contribution in [0.25, 0.3) is 0 Å². The second-order valence-corrected chi connectivity index (χ2v) is 6.78. The fraction of sp³-hybridized carbons (Fsp3) is 0.571. The van der Waals surface area contributed by atoms with Crippen molar-refractivity contribution >= 4 is 47.4 Å². The smallest absolute Gasteiger partial charge is 0.226 e. The van der Waals surface area contributed by atoms with Crippen molar-refractivity contribution in [2.45, 2.75) is 47.6 Å². The Kier molecular flexibility index (Phi) is 14.1. The van der Waals surface area contributed by atoms with Gasteiger partial charge < -0.3 is 20.9 Å². The molecule has 0 radical (unpaired) electrons. The molecule has 8 heteroatoms. The van der Waals surface area contributed by atoms with Crippen LogP contribution in [-0.4, -0.2) is 48.9 Å². The molecule has 0 heterocycles. The molecule has 0 unspecified atom stereocenters. The van der Waals surface area contributed by atoms with Gasteiger partial charge in [-0.15, -0.1) is 24.0 Å². The van der Waals surface area contributed by atoms with E-state index in [1.807, 2.05) is 63.8 Å². The van der Waals surface area contributed by atoms with E-state index >= 15 is 0 Å². The van der Waals surface area contributed by atoms with Crippen LogP contribution in [0.3, 0.4) is 0 Å². The molecule has 0 saturated carbocycles. The van der Waals surface area contributed by atoms with Gasteiger partial charge in [0.1, 0.15) is 0 Å². The number of hydrogen-bond acceptors (Lipinski definition) is 3. The number of nitrogens with zero attached hydrogens (tertiary/aromatic N) is 2. The van der Waals surface area contributed by atoms with E-state index in [0.29, 0.717) is 25.5 Å². The van der Waals surface area contributed by atoms with E-state index in [0.717, 1.165) is 30.9 Å². The first-order chi connectivity index (χ1) is 13.4. The fourth-order valence-corrected chi connectivity index (χ4v) is 2.51. The Morgan fingerprint density at radius 1 is 1.03 bits per heavy atom. The van der Waals surface area contributed by atoms with E-state index in [-0.39, 0.29) is 41.7 Å². The van der Waals surface area contributed by atoms with Crippen molar-refractivity contribution < 1.29 is 9.59 Å². The molecule has 0 aromatic heterocycles. The second kappa shape index (κ2) is 15.1. The van der Waals surface area contributed by atoms with Crippen molar-refractivity contribution in [1.29, 1.82) is 0 Å². The predicted molar refractivity (Wildman–Crippen MR) is 131 cm³/mol. The van der Waals surface area contributed by atoms with Crippen molar-refractivity contribution in [3.8, 4) is 0 Å². The number of aliphatic imine (C=N–C) groups is 1. The largest absolute Gasteiger partial charge is 0.357 e. The number of anilines is 1. The maximum absolute atomic E-state index is 12.1. The average molecular weight is 517 g/mol. The van der Waals surface area contributed by atoms with Gasteiger partial charge in [0, 0.05) is 44.2 Å². The quantitative estimate of drug-likeness (QED) is 0.253. The molecule has 0 atom stereocenters. The molecule has 0 aliphatic heterocycles. The normalized spacial score (nSPS) is 10.9. The minimum atomic E-state index is -0.0494. The summed E-state index contributed by atoms with van der Waals surface area (Å²) in [7, 11) is 0. The van der Waals surface area contributed by atoms with Gasteiger partial charge in [0.2, 0.25) is 11.8 Å². The van der Waals surface area contributed by atoms with E-state index < -0.39 is 0 Å². The Morgan fingerprint density at radius 3 is 2.17 bits per heavy atom. The van der Waals surface area contributed by atoms with Gasteiger partial charge in [-0.25, -0.2) is 4.99 Å². The summed E-state index contributed by atoms with van der Waals surface area (Å²) >= 11 is 0. The summed E-state index contributed by atoms with van der Waals surface area (Å²) in [5.41, 5.74) is 1.82. The summed E-state index contributed by atoms with van der Waals surface area (Å²) in [6.45, 7) is 13.0. The Morgan fingerprint density at radius 2 is 1.66 bits per heavy atom. The van der Waals surface area contributed by atoms with Gasteiger partial charge in [-0.05, 0) is 38.5 Å². The maximum Gasteiger partial charge on any atom is 0.226 e. The molecule has 0 aliphatic rings. The Labute approximate surface area is 192 Å². The van der Waals surface area contributed by atoms with Gasteiger partial charge in [0.15, 0.2) is 5.96 Å². The van der Waals surface area contributed by atoms with E-state index in [9.17, 15) is 9.59 Å². The van der Waals surface area contributed by atoms with Crippen LogP contribution in [0.1, 0.15) is 46.6 Å². The van der Waals surface area contributed by atoms with E-state index in [4.69, 9.17) is 0 Å². The number of benzene rings is 1. The Hall–Kier alpha value is -1.84. The first kappa shape index (κ1) is 27.2. The van der Waals surface area contributed by atoms with Gasteiger partial charge in [-0.2, -0.15) is 0 Å². The van der Waals surface area contributed by atoms with Gasteiger partial charge in [0.25, 0.3) is 0 Å². The fourth-order valence-electron chi connectivity index (χ4n) is 2.51. The molecule has 164 valence electrons. The molecule has 1 rings (SSSR count). The predicted octanol–water partition coefficient (Wildman–Crippen LogP) is 3.21.